The summed E-state index contributed by atoms with van der Waals surface area (Å²) in [6.45, 7) is 7.43. The highest BCUT2D eigenvalue weighted by Gasteiger charge is 2.08. The zero-order valence-electron chi connectivity index (χ0n) is 8.46. The molecule has 1 heterocycles. The SMILES string of the molecule is CC(=O)c1cnc(C(C)C)nc1C. The third-order valence-electron chi connectivity index (χ3n) is 1.89. The number of rotatable bonds is 2. The lowest BCUT2D eigenvalue weighted by Gasteiger charge is -2.06. The number of hydrogen-bond acceptors (Lipinski definition) is 3. The summed E-state index contributed by atoms with van der Waals surface area (Å²) in [5.74, 6) is 1.12. The van der Waals surface area contributed by atoms with Crippen molar-refractivity contribution in [2.45, 2.75) is 33.6 Å². The van der Waals surface area contributed by atoms with Gasteiger partial charge in [0.05, 0.1) is 11.3 Å². The number of aromatic nitrogens is 2. The van der Waals surface area contributed by atoms with Gasteiger partial charge in [-0.05, 0) is 13.8 Å². The van der Waals surface area contributed by atoms with Crippen LogP contribution in [0.25, 0.3) is 0 Å². The maximum absolute atomic E-state index is 11.1. The normalized spacial score (nSPS) is 10.5. The predicted molar refractivity (Wildman–Crippen MR) is 50.9 cm³/mol. The van der Waals surface area contributed by atoms with Crippen LogP contribution in [-0.4, -0.2) is 15.8 Å². The van der Waals surface area contributed by atoms with E-state index in [0.29, 0.717) is 11.5 Å². The summed E-state index contributed by atoms with van der Waals surface area (Å²) >= 11 is 0. The van der Waals surface area contributed by atoms with Crippen LogP contribution in [0.3, 0.4) is 0 Å². The van der Waals surface area contributed by atoms with E-state index in [-0.39, 0.29) is 5.78 Å². The van der Waals surface area contributed by atoms with Gasteiger partial charge in [0.25, 0.3) is 0 Å². The average molecular weight is 178 g/mol. The lowest BCUT2D eigenvalue weighted by molar-refractivity contribution is 0.101. The van der Waals surface area contributed by atoms with Crippen LogP contribution in [0, 0.1) is 6.92 Å². The molecule has 13 heavy (non-hydrogen) atoms. The summed E-state index contributed by atoms with van der Waals surface area (Å²) < 4.78 is 0. The molecule has 0 spiro atoms. The standard InChI is InChI=1S/C10H14N2O/c1-6(2)10-11-5-9(8(4)13)7(3)12-10/h5-6H,1-4H3. The number of Topliss-reactive ketones (excluding diaryl/α,β-unsaturated/α-hetero) is 1. The first-order valence-corrected chi connectivity index (χ1v) is 4.37. The van der Waals surface area contributed by atoms with E-state index in [0.717, 1.165) is 11.5 Å². The van der Waals surface area contributed by atoms with Gasteiger partial charge in [-0.1, -0.05) is 13.8 Å². The van der Waals surface area contributed by atoms with E-state index in [1.807, 2.05) is 20.8 Å². The van der Waals surface area contributed by atoms with Crippen molar-refractivity contribution in [1.29, 1.82) is 0 Å². The van der Waals surface area contributed by atoms with E-state index in [1.165, 1.54) is 6.92 Å². The van der Waals surface area contributed by atoms with Gasteiger partial charge < -0.3 is 0 Å². The van der Waals surface area contributed by atoms with Gasteiger partial charge >= 0.3 is 0 Å². The molecule has 0 N–H and O–H groups in total. The molecule has 0 aliphatic carbocycles. The van der Waals surface area contributed by atoms with Crippen LogP contribution in [0.4, 0.5) is 0 Å². The van der Waals surface area contributed by atoms with Crippen LogP contribution in [0.1, 0.15) is 48.6 Å². The Hall–Kier alpha value is -1.25. The smallest absolute Gasteiger partial charge is 0.163 e. The molecule has 0 aliphatic heterocycles. The summed E-state index contributed by atoms with van der Waals surface area (Å²) in [4.78, 5) is 19.5. The van der Waals surface area contributed by atoms with E-state index >= 15 is 0 Å². The molecule has 0 fully saturated rings. The molecule has 0 aromatic carbocycles. The molecule has 0 bridgehead atoms. The Morgan fingerprint density at radius 1 is 1.46 bits per heavy atom. The van der Waals surface area contributed by atoms with Gasteiger partial charge in [-0.3, -0.25) is 4.79 Å². The molecule has 0 saturated carbocycles. The Labute approximate surface area is 78.2 Å². The van der Waals surface area contributed by atoms with Crippen LogP contribution < -0.4 is 0 Å². The van der Waals surface area contributed by atoms with Crippen molar-refractivity contribution in [3.05, 3.63) is 23.3 Å². The third-order valence-corrected chi connectivity index (χ3v) is 1.89. The molecule has 0 aliphatic rings. The van der Waals surface area contributed by atoms with Crippen LogP contribution >= 0.6 is 0 Å². The monoisotopic (exact) mass is 178 g/mol. The quantitative estimate of drug-likeness (QED) is 0.651. The van der Waals surface area contributed by atoms with E-state index in [1.54, 1.807) is 6.20 Å². The van der Waals surface area contributed by atoms with Crippen molar-refractivity contribution in [1.82, 2.24) is 9.97 Å². The second-order valence-corrected chi connectivity index (χ2v) is 3.44. The molecule has 3 nitrogen and oxygen atoms in total. The van der Waals surface area contributed by atoms with Gasteiger partial charge in [0.1, 0.15) is 5.82 Å². The Bertz CT molecular complexity index is 332. The predicted octanol–water partition coefficient (Wildman–Crippen LogP) is 2.11. The molecule has 0 radical (unpaired) electrons. The van der Waals surface area contributed by atoms with Crippen molar-refractivity contribution < 1.29 is 4.79 Å². The average Bonchev–Trinajstić information content (AvgIpc) is 2.03. The van der Waals surface area contributed by atoms with Crippen molar-refractivity contribution in [2.24, 2.45) is 0 Å². The van der Waals surface area contributed by atoms with Crippen molar-refractivity contribution in [3.8, 4) is 0 Å². The molecule has 0 saturated heterocycles. The molecular weight excluding hydrogens is 164 g/mol. The molecule has 1 aromatic rings. The topological polar surface area (TPSA) is 42.9 Å². The molecular formula is C10H14N2O. The number of aryl methyl sites for hydroxylation is 1. The van der Waals surface area contributed by atoms with Crippen LogP contribution in [0.2, 0.25) is 0 Å². The van der Waals surface area contributed by atoms with E-state index < -0.39 is 0 Å². The minimum Gasteiger partial charge on any atom is -0.294 e. The summed E-state index contributed by atoms with van der Waals surface area (Å²) in [6, 6.07) is 0. The Balaban J connectivity index is 3.13. The van der Waals surface area contributed by atoms with Crippen LogP contribution in [-0.2, 0) is 0 Å². The Morgan fingerprint density at radius 2 is 2.08 bits per heavy atom. The molecule has 3 heteroatoms. The highest BCUT2D eigenvalue weighted by Crippen LogP contribution is 2.11. The number of ketones is 1. The summed E-state index contributed by atoms with van der Waals surface area (Å²) in [5, 5.41) is 0. The first-order valence-electron chi connectivity index (χ1n) is 4.37. The summed E-state index contributed by atoms with van der Waals surface area (Å²) in [7, 11) is 0. The van der Waals surface area contributed by atoms with Gasteiger partial charge in [0.15, 0.2) is 5.78 Å². The zero-order chi connectivity index (χ0) is 10.0. The van der Waals surface area contributed by atoms with Crippen molar-refractivity contribution >= 4 is 5.78 Å². The highest BCUT2D eigenvalue weighted by molar-refractivity contribution is 5.94. The fraction of sp³-hybridized carbons (Fsp3) is 0.500. The van der Waals surface area contributed by atoms with Gasteiger partial charge in [0, 0.05) is 12.1 Å². The highest BCUT2D eigenvalue weighted by atomic mass is 16.1. The lowest BCUT2D eigenvalue weighted by Crippen LogP contribution is -2.05. The minimum atomic E-state index is 0.0211. The van der Waals surface area contributed by atoms with Gasteiger partial charge in [-0.2, -0.15) is 0 Å². The van der Waals surface area contributed by atoms with E-state index in [4.69, 9.17) is 0 Å². The molecule has 0 unspecified atom stereocenters. The second kappa shape index (κ2) is 3.64. The summed E-state index contributed by atoms with van der Waals surface area (Å²) in [6.07, 6.45) is 1.61. The van der Waals surface area contributed by atoms with Gasteiger partial charge in [-0.15, -0.1) is 0 Å². The third kappa shape index (κ3) is 2.11. The molecule has 0 atom stereocenters. The van der Waals surface area contributed by atoms with Crippen molar-refractivity contribution in [3.63, 3.8) is 0 Å². The maximum atomic E-state index is 11.1. The summed E-state index contributed by atoms with van der Waals surface area (Å²) in [5.41, 5.74) is 1.38. The zero-order valence-corrected chi connectivity index (χ0v) is 8.46. The first-order chi connectivity index (χ1) is 6.02. The van der Waals surface area contributed by atoms with Crippen molar-refractivity contribution in [2.75, 3.05) is 0 Å². The maximum Gasteiger partial charge on any atom is 0.163 e. The second-order valence-electron chi connectivity index (χ2n) is 3.44. The lowest BCUT2D eigenvalue weighted by atomic mass is 10.1. The van der Waals surface area contributed by atoms with Gasteiger partial charge in [0.2, 0.25) is 0 Å². The minimum absolute atomic E-state index is 0.0211. The first kappa shape index (κ1) is 9.84. The van der Waals surface area contributed by atoms with Crippen LogP contribution in [0.5, 0.6) is 0 Å². The molecule has 1 aromatic heterocycles. The number of nitrogens with zero attached hydrogens (tertiary/aromatic N) is 2. The fourth-order valence-corrected chi connectivity index (χ4v) is 1.11. The van der Waals surface area contributed by atoms with Gasteiger partial charge in [-0.25, -0.2) is 9.97 Å². The molecule has 1 rings (SSSR count). The number of hydrogen-bond donors (Lipinski definition) is 0. The largest absolute Gasteiger partial charge is 0.294 e. The molecule has 70 valence electrons. The number of carbonyl (C=O) groups is 1. The Morgan fingerprint density at radius 3 is 2.46 bits per heavy atom. The molecule has 0 amide bonds. The Kier molecular flexibility index (Phi) is 2.76. The van der Waals surface area contributed by atoms with Crippen LogP contribution in [0.15, 0.2) is 6.20 Å². The fourth-order valence-electron chi connectivity index (χ4n) is 1.11. The van der Waals surface area contributed by atoms with E-state index in [9.17, 15) is 4.79 Å². The van der Waals surface area contributed by atoms with E-state index in [2.05, 4.69) is 9.97 Å². The number of carbonyl (C=O) groups excluding carboxylic acids is 1.